The number of aromatic nitrogens is 3. The monoisotopic (exact) mass is 639 g/mol. The van der Waals surface area contributed by atoms with Gasteiger partial charge >= 0.3 is 0 Å². The van der Waals surface area contributed by atoms with Crippen molar-refractivity contribution in [1.29, 1.82) is 0 Å². The largest absolute Gasteiger partial charge is 0.494 e. The number of methoxy groups -OCH3 is 1. The minimum Gasteiger partial charge on any atom is -0.494 e. The van der Waals surface area contributed by atoms with E-state index in [1.54, 1.807) is 12.1 Å². The lowest BCUT2D eigenvalue weighted by Crippen LogP contribution is -2.43. The number of aliphatic hydroxyl groups is 1. The molecule has 0 aliphatic heterocycles. The number of carbonyl (C=O) groups is 2. The highest BCUT2D eigenvalue weighted by atomic mass is 35.5. The van der Waals surface area contributed by atoms with Gasteiger partial charge in [0.25, 0.3) is 5.91 Å². The molecule has 3 fully saturated rings. The second-order valence-corrected chi connectivity index (χ2v) is 12.7. The molecule has 3 saturated carbocycles. The van der Waals surface area contributed by atoms with Crippen molar-refractivity contribution in [2.24, 2.45) is 11.7 Å². The topological polar surface area (TPSA) is 132 Å². The van der Waals surface area contributed by atoms with Crippen molar-refractivity contribution in [2.45, 2.75) is 55.6 Å². The van der Waals surface area contributed by atoms with Gasteiger partial charge in [-0.1, -0.05) is 11.6 Å². The van der Waals surface area contributed by atoms with Gasteiger partial charge in [0.2, 0.25) is 5.91 Å². The highest BCUT2D eigenvalue weighted by Gasteiger charge is 2.54. The molecule has 4 N–H and O–H groups in total. The fourth-order valence-corrected chi connectivity index (χ4v) is 6.18. The Hall–Kier alpha value is -4.16. The molecule has 7 rings (SSSR count). The number of hydrogen-bond donors (Lipinski definition) is 3. The maximum Gasteiger partial charge on any atom is 0.251 e. The number of nitrogens with zero attached hydrogens (tertiary/aromatic N) is 3. The van der Waals surface area contributed by atoms with Gasteiger partial charge in [-0.15, -0.1) is 0 Å². The van der Waals surface area contributed by atoms with Crippen LogP contribution in [0.3, 0.4) is 0 Å². The molecule has 234 valence electrons. The summed E-state index contributed by atoms with van der Waals surface area (Å²) in [5.74, 6) is -4.44. The molecule has 3 aliphatic carbocycles. The lowest BCUT2D eigenvalue weighted by molar-refractivity contribution is -0.120. The van der Waals surface area contributed by atoms with Crippen molar-refractivity contribution >= 4 is 34.3 Å². The van der Waals surface area contributed by atoms with Gasteiger partial charge in [-0.25, -0.2) is 18.2 Å². The van der Waals surface area contributed by atoms with E-state index in [1.165, 1.54) is 13.2 Å². The summed E-state index contributed by atoms with van der Waals surface area (Å²) in [4.78, 5) is 30.3. The van der Waals surface area contributed by atoms with E-state index in [1.807, 2.05) is 10.9 Å². The second-order valence-electron chi connectivity index (χ2n) is 12.2. The van der Waals surface area contributed by atoms with Gasteiger partial charge in [-0.2, -0.15) is 5.10 Å². The van der Waals surface area contributed by atoms with Gasteiger partial charge in [0, 0.05) is 34.3 Å². The van der Waals surface area contributed by atoms with E-state index in [-0.39, 0.29) is 42.1 Å². The van der Waals surface area contributed by atoms with Crippen LogP contribution in [0, 0.1) is 23.4 Å². The van der Waals surface area contributed by atoms with Crippen LogP contribution in [0.25, 0.3) is 22.2 Å². The number of rotatable bonds is 10. The number of nitrogens with one attached hydrogen (secondary N) is 1. The molecule has 0 bridgehead atoms. The van der Waals surface area contributed by atoms with Crippen LogP contribution < -0.4 is 15.8 Å². The number of ether oxygens (including phenoxy) is 1. The number of hydrogen-bond acceptors (Lipinski definition) is 6. The van der Waals surface area contributed by atoms with Gasteiger partial charge in [0.15, 0.2) is 5.82 Å². The zero-order valence-electron chi connectivity index (χ0n) is 24.2. The molecule has 2 aromatic heterocycles. The summed E-state index contributed by atoms with van der Waals surface area (Å²) >= 11 is 5.91. The SMILES string of the molecule is COc1cc(C(=O)NC[C@](O)(c2cc(C3(C(N)=O)CC3)c(F)c(-c3cc(Cl)c(F)cc3F)n2)C2CC2)cc2cn(C3CC3)nc12. The summed E-state index contributed by atoms with van der Waals surface area (Å²) in [5, 5.41) is 19.7. The standard InChI is InChI=1S/C32H29ClF3N5O4/c1-45-24-9-15(8-16-13-41(18-4-5-18)40-27(16)24)29(42)38-14-32(44,17-2-3-17)25-11-20(31(6-7-31)30(37)43)26(36)28(39-25)19-10-21(33)23(35)12-22(19)34/h8-13,17-18,44H,2-7,14H2,1H3,(H2,37,43)(H,38,42)/t32-/m1/s1. The van der Waals surface area contributed by atoms with E-state index < -0.39 is 56.6 Å². The lowest BCUT2D eigenvalue weighted by atomic mass is 9.86. The Morgan fingerprint density at radius 3 is 2.49 bits per heavy atom. The fourth-order valence-electron chi connectivity index (χ4n) is 6.01. The third-order valence-corrected chi connectivity index (χ3v) is 9.46. The highest BCUT2D eigenvalue weighted by Crippen LogP contribution is 2.52. The zero-order valence-corrected chi connectivity index (χ0v) is 24.9. The summed E-state index contributed by atoms with van der Waals surface area (Å²) in [5.41, 5.74) is 2.14. The first-order chi connectivity index (χ1) is 21.4. The average molecular weight is 640 g/mol. The molecular weight excluding hydrogens is 611 g/mol. The molecule has 9 nitrogen and oxygen atoms in total. The average Bonchev–Trinajstić information content (AvgIpc) is 3.88. The minimum atomic E-state index is -1.83. The van der Waals surface area contributed by atoms with E-state index in [0.717, 1.165) is 24.3 Å². The molecule has 45 heavy (non-hydrogen) atoms. The van der Waals surface area contributed by atoms with Gasteiger partial charge < -0.3 is 20.9 Å². The molecule has 4 aromatic rings. The Bertz CT molecular complexity index is 1900. The van der Waals surface area contributed by atoms with Crippen molar-refractivity contribution < 1.29 is 32.6 Å². The van der Waals surface area contributed by atoms with Gasteiger partial charge in [0.05, 0.1) is 35.8 Å². The van der Waals surface area contributed by atoms with E-state index in [9.17, 15) is 19.1 Å². The number of nitrogens with two attached hydrogens (primary N) is 1. The highest BCUT2D eigenvalue weighted by molar-refractivity contribution is 6.31. The summed E-state index contributed by atoms with van der Waals surface area (Å²) in [6.07, 6.45) is 5.58. The third kappa shape index (κ3) is 5.00. The summed E-state index contributed by atoms with van der Waals surface area (Å²) in [6, 6.07) is 6.27. The number of pyridine rings is 1. The van der Waals surface area contributed by atoms with Crippen LogP contribution in [-0.2, 0) is 15.8 Å². The molecule has 1 atom stereocenters. The predicted octanol–water partition coefficient (Wildman–Crippen LogP) is 5.06. The van der Waals surface area contributed by atoms with Crippen molar-refractivity contribution in [3.8, 4) is 17.0 Å². The van der Waals surface area contributed by atoms with Crippen molar-refractivity contribution in [2.75, 3.05) is 13.7 Å². The fraction of sp³-hybridized carbons (Fsp3) is 0.375. The first kappa shape index (κ1) is 29.5. The maximum atomic E-state index is 16.1. The molecular formula is C32H29ClF3N5O4. The molecule has 2 amide bonds. The van der Waals surface area contributed by atoms with Crippen LogP contribution in [0.2, 0.25) is 5.02 Å². The van der Waals surface area contributed by atoms with Crippen LogP contribution in [0.15, 0.2) is 36.5 Å². The Morgan fingerprint density at radius 2 is 1.87 bits per heavy atom. The molecule has 0 spiro atoms. The molecule has 3 aliphatic rings. The van der Waals surface area contributed by atoms with Crippen LogP contribution in [0.4, 0.5) is 13.2 Å². The predicted molar refractivity (Wildman–Crippen MR) is 158 cm³/mol. The quantitative estimate of drug-likeness (QED) is 0.208. The number of benzene rings is 2. The van der Waals surface area contributed by atoms with E-state index in [0.29, 0.717) is 36.2 Å². The molecule has 2 aromatic carbocycles. The van der Waals surface area contributed by atoms with Crippen LogP contribution >= 0.6 is 11.6 Å². The third-order valence-electron chi connectivity index (χ3n) is 9.17. The van der Waals surface area contributed by atoms with Gasteiger partial charge in [-0.3, -0.25) is 14.3 Å². The first-order valence-corrected chi connectivity index (χ1v) is 15.1. The minimum absolute atomic E-state index is 0.0807. The van der Waals surface area contributed by atoms with Crippen LogP contribution in [0.1, 0.15) is 66.2 Å². The summed E-state index contributed by atoms with van der Waals surface area (Å²) in [7, 11) is 1.49. The van der Waals surface area contributed by atoms with E-state index in [4.69, 9.17) is 22.1 Å². The zero-order chi connectivity index (χ0) is 31.8. The van der Waals surface area contributed by atoms with Gasteiger partial charge in [0.1, 0.15) is 34.2 Å². The lowest BCUT2D eigenvalue weighted by Gasteiger charge is -2.30. The Labute approximate surface area is 260 Å². The Kier molecular flexibility index (Phi) is 6.86. The van der Waals surface area contributed by atoms with E-state index >= 15 is 8.78 Å². The number of primary amides is 1. The van der Waals surface area contributed by atoms with Crippen molar-refractivity contribution in [3.05, 3.63) is 75.8 Å². The number of fused-ring (bicyclic) bond motifs is 1. The number of amides is 2. The molecule has 2 heterocycles. The molecule has 0 unspecified atom stereocenters. The van der Waals surface area contributed by atoms with Crippen LogP contribution in [0.5, 0.6) is 5.75 Å². The van der Waals surface area contributed by atoms with Crippen molar-refractivity contribution in [3.63, 3.8) is 0 Å². The smallest absolute Gasteiger partial charge is 0.251 e. The number of carbonyl (C=O) groups excluding carboxylic acids is 2. The molecule has 13 heteroatoms. The van der Waals surface area contributed by atoms with Crippen LogP contribution in [-0.4, -0.2) is 45.3 Å². The van der Waals surface area contributed by atoms with Gasteiger partial charge in [-0.05, 0) is 68.7 Å². The maximum absolute atomic E-state index is 16.1. The second kappa shape index (κ2) is 10.4. The summed E-state index contributed by atoms with van der Waals surface area (Å²) < 4.78 is 52.5. The Balaban J connectivity index is 1.27. The van der Waals surface area contributed by atoms with Crippen molar-refractivity contribution in [1.82, 2.24) is 20.1 Å². The van der Waals surface area contributed by atoms with E-state index in [2.05, 4.69) is 15.4 Å². The molecule has 0 radical (unpaired) electrons. The first-order valence-electron chi connectivity index (χ1n) is 14.7. The number of halogens is 4. The Morgan fingerprint density at radius 1 is 1.13 bits per heavy atom. The molecule has 0 saturated heterocycles. The normalized spacial score (nSPS) is 18.4. The summed E-state index contributed by atoms with van der Waals surface area (Å²) in [6.45, 7) is -0.327.